The van der Waals surface area contributed by atoms with Gasteiger partial charge in [0.05, 0.1) is 16.7 Å². The highest BCUT2D eigenvalue weighted by Crippen LogP contribution is 2.34. The van der Waals surface area contributed by atoms with E-state index in [1.807, 2.05) is 42.5 Å². The fraction of sp³-hybridized carbons (Fsp3) is 0.259. The van der Waals surface area contributed by atoms with Crippen molar-refractivity contribution in [3.63, 3.8) is 0 Å². The number of aryl methyl sites for hydroxylation is 1. The van der Waals surface area contributed by atoms with Crippen LogP contribution in [-0.4, -0.2) is 10.5 Å². The molecule has 4 nitrogen and oxygen atoms in total. The molecule has 0 aliphatic carbocycles. The standard InChI is InChI=1S/C27H26F3N3O/c1-26(2,3)24(32-25(34)22-16-33(4)17-23(22)27(28,29)30)21(15-31)20-12-10-19(11-13-20)14-18-8-6-5-7-9-18/h5-13,16-17H,14H2,1-4H3,(H,32,34). The minimum atomic E-state index is -4.67. The van der Waals surface area contributed by atoms with Gasteiger partial charge in [0, 0.05) is 30.6 Å². The van der Waals surface area contributed by atoms with Crippen molar-refractivity contribution in [3.8, 4) is 6.07 Å². The summed E-state index contributed by atoms with van der Waals surface area (Å²) in [6.45, 7) is 5.37. The molecule has 1 amide bonds. The van der Waals surface area contributed by atoms with Crippen LogP contribution in [0.3, 0.4) is 0 Å². The van der Waals surface area contributed by atoms with Crippen molar-refractivity contribution >= 4 is 11.5 Å². The molecule has 176 valence electrons. The molecular formula is C27H26F3N3O. The summed E-state index contributed by atoms with van der Waals surface area (Å²) in [5.41, 5.74) is 1.01. The predicted molar refractivity (Wildman–Crippen MR) is 126 cm³/mol. The Morgan fingerprint density at radius 2 is 1.56 bits per heavy atom. The number of alkyl halides is 3. The van der Waals surface area contributed by atoms with Crippen molar-refractivity contribution in [1.29, 1.82) is 5.26 Å². The molecule has 0 saturated carbocycles. The number of nitrogens with one attached hydrogen (secondary N) is 1. The normalized spacial score (nSPS) is 12.6. The summed E-state index contributed by atoms with van der Waals surface area (Å²) in [5.74, 6) is -0.911. The molecular weight excluding hydrogens is 439 g/mol. The number of aromatic nitrogens is 1. The Bertz CT molecular complexity index is 1240. The smallest absolute Gasteiger partial charge is 0.356 e. The van der Waals surface area contributed by atoms with Crippen LogP contribution in [0.25, 0.3) is 5.57 Å². The largest absolute Gasteiger partial charge is 0.418 e. The van der Waals surface area contributed by atoms with Gasteiger partial charge in [-0.15, -0.1) is 0 Å². The number of hydrogen-bond donors (Lipinski definition) is 1. The monoisotopic (exact) mass is 465 g/mol. The van der Waals surface area contributed by atoms with E-state index in [4.69, 9.17) is 0 Å². The van der Waals surface area contributed by atoms with Gasteiger partial charge in [-0.1, -0.05) is 75.4 Å². The number of benzene rings is 2. The number of amides is 1. The number of hydrogen-bond acceptors (Lipinski definition) is 2. The molecule has 3 aromatic rings. The molecule has 0 spiro atoms. The first-order chi connectivity index (χ1) is 15.9. The maximum Gasteiger partial charge on any atom is 0.418 e. The van der Waals surface area contributed by atoms with Gasteiger partial charge in [-0.3, -0.25) is 4.79 Å². The Kier molecular flexibility index (Phi) is 7.01. The van der Waals surface area contributed by atoms with Crippen LogP contribution < -0.4 is 5.32 Å². The summed E-state index contributed by atoms with van der Waals surface area (Å²) < 4.78 is 41.4. The average molecular weight is 466 g/mol. The Balaban J connectivity index is 1.97. The van der Waals surface area contributed by atoms with Gasteiger partial charge in [-0.2, -0.15) is 18.4 Å². The quantitative estimate of drug-likeness (QED) is 0.447. The molecule has 0 aliphatic rings. The highest BCUT2D eigenvalue weighted by molar-refractivity contribution is 5.98. The highest BCUT2D eigenvalue weighted by Gasteiger charge is 2.37. The Morgan fingerprint density at radius 3 is 2.09 bits per heavy atom. The van der Waals surface area contributed by atoms with Gasteiger partial charge in [0.1, 0.15) is 6.07 Å². The molecule has 0 fully saturated rings. The first-order valence-electron chi connectivity index (χ1n) is 10.7. The van der Waals surface area contributed by atoms with E-state index >= 15 is 0 Å². The molecule has 3 rings (SSSR count). The molecule has 0 bridgehead atoms. The van der Waals surface area contributed by atoms with Gasteiger partial charge in [0.25, 0.3) is 5.91 Å². The lowest BCUT2D eigenvalue weighted by molar-refractivity contribution is -0.137. The second kappa shape index (κ2) is 9.60. The van der Waals surface area contributed by atoms with Crippen molar-refractivity contribution < 1.29 is 18.0 Å². The van der Waals surface area contributed by atoms with Crippen molar-refractivity contribution in [2.45, 2.75) is 33.4 Å². The number of carbonyl (C=O) groups excluding carboxylic acids is 1. The molecule has 0 saturated heterocycles. The Morgan fingerprint density at radius 1 is 0.971 bits per heavy atom. The fourth-order valence-corrected chi connectivity index (χ4v) is 3.68. The van der Waals surface area contributed by atoms with Crippen LogP contribution in [0.5, 0.6) is 0 Å². The second-order valence-corrected chi connectivity index (χ2v) is 9.17. The lowest BCUT2D eigenvalue weighted by Crippen LogP contribution is -2.32. The zero-order chi connectivity index (χ0) is 25.1. The molecule has 34 heavy (non-hydrogen) atoms. The predicted octanol–water partition coefficient (Wildman–Crippen LogP) is 6.35. The third kappa shape index (κ3) is 5.76. The summed E-state index contributed by atoms with van der Waals surface area (Å²) in [4.78, 5) is 12.9. The molecule has 1 N–H and O–H groups in total. The molecule has 2 aromatic carbocycles. The third-order valence-electron chi connectivity index (χ3n) is 5.35. The lowest BCUT2D eigenvalue weighted by Gasteiger charge is -2.26. The number of allylic oxidation sites excluding steroid dienone is 2. The first kappa shape index (κ1) is 24.8. The van der Waals surface area contributed by atoms with E-state index in [1.165, 1.54) is 11.6 Å². The second-order valence-electron chi connectivity index (χ2n) is 9.17. The van der Waals surface area contributed by atoms with Crippen LogP contribution in [0.2, 0.25) is 0 Å². The van der Waals surface area contributed by atoms with Gasteiger partial charge in [0.2, 0.25) is 0 Å². The van der Waals surface area contributed by atoms with E-state index in [2.05, 4.69) is 11.4 Å². The molecule has 7 heteroatoms. The van der Waals surface area contributed by atoms with Crippen LogP contribution in [0, 0.1) is 16.7 Å². The average Bonchev–Trinajstić information content (AvgIpc) is 3.17. The van der Waals surface area contributed by atoms with Gasteiger partial charge < -0.3 is 9.88 Å². The minimum absolute atomic E-state index is 0.205. The van der Waals surface area contributed by atoms with Gasteiger partial charge in [-0.25, -0.2) is 0 Å². The number of rotatable bonds is 5. The summed E-state index contributed by atoms with van der Waals surface area (Å²) in [5, 5.41) is 12.6. The third-order valence-corrected chi connectivity index (χ3v) is 5.35. The van der Waals surface area contributed by atoms with Crippen LogP contribution in [0.4, 0.5) is 13.2 Å². The number of nitrogens with zero attached hydrogens (tertiary/aromatic N) is 2. The molecule has 1 heterocycles. The van der Waals surface area contributed by atoms with Crippen molar-refractivity contribution in [2.75, 3.05) is 0 Å². The van der Waals surface area contributed by atoms with Gasteiger partial charge >= 0.3 is 6.18 Å². The van der Waals surface area contributed by atoms with Crippen molar-refractivity contribution in [2.24, 2.45) is 12.5 Å². The summed E-state index contributed by atoms with van der Waals surface area (Å²) in [6, 6.07) is 19.5. The zero-order valence-electron chi connectivity index (χ0n) is 19.5. The highest BCUT2D eigenvalue weighted by atomic mass is 19.4. The van der Waals surface area contributed by atoms with Crippen molar-refractivity contribution in [1.82, 2.24) is 9.88 Å². The minimum Gasteiger partial charge on any atom is -0.356 e. The van der Waals surface area contributed by atoms with E-state index < -0.39 is 28.6 Å². The molecule has 0 atom stereocenters. The first-order valence-corrected chi connectivity index (χ1v) is 10.7. The number of nitriles is 1. The van der Waals surface area contributed by atoms with Gasteiger partial charge in [-0.05, 0) is 23.1 Å². The SMILES string of the molecule is Cn1cc(C(=O)NC(=C(C#N)c2ccc(Cc3ccccc3)cc2)C(C)(C)C)c(C(F)(F)F)c1. The van der Waals surface area contributed by atoms with Gasteiger partial charge in [0.15, 0.2) is 0 Å². The Hall–Kier alpha value is -3.79. The fourth-order valence-electron chi connectivity index (χ4n) is 3.68. The summed E-state index contributed by atoms with van der Waals surface area (Å²) in [7, 11) is 1.42. The number of halogens is 3. The van der Waals surface area contributed by atoms with Crippen molar-refractivity contribution in [3.05, 3.63) is 101 Å². The van der Waals surface area contributed by atoms with E-state index in [0.29, 0.717) is 5.56 Å². The molecule has 0 unspecified atom stereocenters. The van der Waals surface area contributed by atoms with Crippen LogP contribution in [-0.2, 0) is 19.6 Å². The van der Waals surface area contributed by atoms with E-state index in [1.54, 1.807) is 32.9 Å². The molecule has 0 aliphatic heterocycles. The van der Waals surface area contributed by atoms with E-state index in [9.17, 15) is 23.2 Å². The topological polar surface area (TPSA) is 57.8 Å². The molecule has 0 radical (unpaired) electrons. The maximum absolute atomic E-state index is 13.4. The van der Waals surface area contributed by atoms with E-state index in [0.717, 1.165) is 29.9 Å². The summed E-state index contributed by atoms with van der Waals surface area (Å²) in [6.07, 6.45) is -1.95. The van der Waals surface area contributed by atoms with Crippen LogP contribution >= 0.6 is 0 Å². The number of carbonyl (C=O) groups is 1. The Labute approximate surface area is 197 Å². The van der Waals surface area contributed by atoms with Crippen LogP contribution in [0.15, 0.2) is 72.7 Å². The molecule has 1 aromatic heterocycles. The maximum atomic E-state index is 13.4. The summed E-state index contributed by atoms with van der Waals surface area (Å²) >= 11 is 0. The van der Waals surface area contributed by atoms with Crippen LogP contribution in [0.1, 0.15) is 53.4 Å². The zero-order valence-corrected chi connectivity index (χ0v) is 19.5. The lowest BCUT2D eigenvalue weighted by atomic mass is 9.86. The van der Waals surface area contributed by atoms with E-state index in [-0.39, 0.29) is 11.3 Å².